The van der Waals surface area contributed by atoms with Crippen molar-refractivity contribution >= 4 is 45.0 Å². The summed E-state index contributed by atoms with van der Waals surface area (Å²) in [4.78, 5) is 26.9. The molecule has 0 bridgehead atoms. The van der Waals surface area contributed by atoms with E-state index in [4.69, 9.17) is 16.3 Å². The Morgan fingerprint density at radius 3 is 2.50 bits per heavy atom. The van der Waals surface area contributed by atoms with Gasteiger partial charge in [-0.1, -0.05) is 45.7 Å². The summed E-state index contributed by atoms with van der Waals surface area (Å²) in [6, 6.07) is 11.4. The predicted octanol–water partition coefficient (Wildman–Crippen LogP) is 4.48. The average Bonchev–Trinajstić information content (AvgIpc) is 2.93. The van der Waals surface area contributed by atoms with Gasteiger partial charge in [0, 0.05) is 28.7 Å². The van der Waals surface area contributed by atoms with Crippen molar-refractivity contribution in [2.45, 2.75) is 13.0 Å². The van der Waals surface area contributed by atoms with Gasteiger partial charge in [0.1, 0.15) is 5.76 Å². The first-order valence-electron chi connectivity index (χ1n) is 8.64. The van der Waals surface area contributed by atoms with Gasteiger partial charge in [0.25, 0.3) is 11.7 Å². The maximum atomic E-state index is 12.8. The largest absolute Gasteiger partial charge is 0.507 e. The number of aliphatic hydroxyl groups is 1. The normalized spacial score (nSPS) is 18.7. The number of Topliss-reactive ketones (excluding diaryl/α,β-unsaturated/α-hetero) is 1. The number of carbonyl (C=O) groups is 2. The van der Waals surface area contributed by atoms with Crippen LogP contribution in [0.1, 0.15) is 22.7 Å². The molecule has 1 fully saturated rings. The molecule has 0 radical (unpaired) electrons. The molecule has 5 nitrogen and oxygen atoms in total. The average molecular weight is 465 g/mol. The summed E-state index contributed by atoms with van der Waals surface area (Å²) >= 11 is 9.41. The first-order chi connectivity index (χ1) is 13.3. The summed E-state index contributed by atoms with van der Waals surface area (Å²) in [5, 5.41) is 11.5. The number of carbonyl (C=O) groups excluding carboxylic acids is 2. The van der Waals surface area contributed by atoms with Crippen molar-refractivity contribution in [3.05, 3.63) is 74.2 Å². The second kappa shape index (κ2) is 8.47. The van der Waals surface area contributed by atoms with Crippen LogP contribution in [0.25, 0.3) is 5.76 Å². The fraction of sp³-hybridized carbons (Fsp3) is 0.238. The van der Waals surface area contributed by atoms with Gasteiger partial charge in [0.2, 0.25) is 0 Å². The number of nitrogens with zero attached hydrogens (tertiary/aromatic N) is 1. The zero-order valence-electron chi connectivity index (χ0n) is 15.4. The Balaban J connectivity index is 2.17. The molecule has 1 aliphatic heterocycles. The molecule has 0 spiro atoms. The Hall–Kier alpha value is -2.15. The number of aliphatic hydroxyl groups excluding tert-OH is 1. The van der Waals surface area contributed by atoms with E-state index >= 15 is 0 Å². The Morgan fingerprint density at radius 1 is 1.21 bits per heavy atom. The van der Waals surface area contributed by atoms with Crippen LogP contribution in [0.2, 0.25) is 5.02 Å². The van der Waals surface area contributed by atoms with Gasteiger partial charge in [-0.05, 0) is 42.3 Å². The molecule has 1 aliphatic rings. The van der Waals surface area contributed by atoms with Gasteiger partial charge in [-0.15, -0.1) is 0 Å². The van der Waals surface area contributed by atoms with E-state index in [1.807, 2.05) is 6.92 Å². The maximum Gasteiger partial charge on any atom is 0.295 e. The van der Waals surface area contributed by atoms with Crippen molar-refractivity contribution in [3.8, 4) is 0 Å². The van der Waals surface area contributed by atoms with Gasteiger partial charge in [-0.25, -0.2) is 0 Å². The first kappa shape index (κ1) is 20.6. The summed E-state index contributed by atoms with van der Waals surface area (Å²) in [7, 11) is 1.53. The summed E-state index contributed by atoms with van der Waals surface area (Å²) in [5.74, 6) is -1.57. The van der Waals surface area contributed by atoms with E-state index in [1.165, 1.54) is 12.0 Å². The molecule has 2 aromatic rings. The molecule has 0 aliphatic carbocycles. The van der Waals surface area contributed by atoms with Gasteiger partial charge in [-0.3, -0.25) is 9.59 Å². The number of hydrogen-bond donors (Lipinski definition) is 1. The molecule has 1 atom stereocenters. The number of benzene rings is 2. The number of halogens is 2. The lowest BCUT2D eigenvalue weighted by Gasteiger charge is -2.25. The molecule has 2 aromatic carbocycles. The van der Waals surface area contributed by atoms with E-state index in [2.05, 4.69) is 15.9 Å². The molecular weight excluding hydrogens is 446 g/mol. The van der Waals surface area contributed by atoms with Crippen LogP contribution >= 0.6 is 27.5 Å². The molecule has 1 N–H and O–H groups in total. The van der Waals surface area contributed by atoms with Crippen molar-refractivity contribution in [3.63, 3.8) is 0 Å². The second-order valence-corrected chi connectivity index (χ2v) is 7.79. The van der Waals surface area contributed by atoms with Crippen LogP contribution in [-0.2, 0) is 14.3 Å². The molecule has 146 valence electrons. The highest BCUT2D eigenvalue weighted by Crippen LogP contribution is 2.39. The molecular formula is C21H19BrClNO4. The van der Waals surface area contributed by atoms with E-state index in [9.17, 15) is 14.7 Å². The van der Waals surface area contributed by atoms with Crippen LogP contribution in [0, 0.1) is 6.92 Å². The zero-order chi connectivity index (χ0) is 20.4. The predicted molar refractivity (Wildman–Crippen MR) is 111 cm³/mol. The van der Waals surface area contributed by atoms with Gasteiger partial charge in [0.05, 0.1) is 18.2 Å². The van der Waals surface area contributed by atoms with E-state index < -0.39 is 17.7 Å². The summed E-state index contributed by atoms with van der Waals surface area (Å²) in [6.07, 6.45) is 0. The monoisotopic (exact) mass is 463 g/mol. The fourth-order valence-electron chi connectivity index (χ4n) is 3.24. The van der Waals surface area contributed by atoms with Crippen molar-refractivity contribution in [1.82, 2.24) is 4.90 Å². The molecule has 28 heavy (non-hydrogen) atoms. The lowest BCUT2D eigenvalue weighted by Crippen LogP contribution is -2.32. The van der Waals surface area contributed by atoms with Crippen LogP contribution in [0.4, 0.5) is 0 Å². The highest BCUT2D eigenvalue weighted by molar-refractivity contribution is 9.10. The number of methoxy groups -OCH3 is 1. The topological polar surface area (TPSA) is 66.8 Å². The van der Waals surface area contributed by atoms with Crippen LogP contribution < -0.4 is 0 Å². The third-order valence-corrected chi connectivity index (χ3v) is 5.84. The third kappa shape index (κ3) is 3.85. The number of aryl methyl sites for hydroxylation is 1. The van der Waals surface area contributed by atoms with Crippen LogP contribution in [0.3, 0.4) is 0 Å². The Bertz CT molecular complexity index is 955. The number of rotatable bonds is 5. The third-order valence-electron chi connectivity index (χ3n) is 4.69. The summed E-state index contributed by atoms with van der Waals surface area (Å²) in [5.41, 5.74) is 2.13. The van der Waals surface area contributed by atoms with Gasteiger partial charge >= 0.3 is 0 Å². The van der Waals surface area contributed by atoms with Gasteiger partial charge in [-0.2, -0.15) is 0 Å². The number of ether oxygens (including phenoxy) is 1. The fourth-order valence-corrected chi connectivity index (χ4v) is 3.61. The maximum absolute atomic E-state index is 12.8. The smallest absolute Gasteiger partial charge is 0.295 e. The van der Waals surface area contributed by atoms with Crippen LogP contribution in [-0.4, -0.2) is 42.0 Å². The minimum atomic E-state index is -0.714. The number of ketones is 1. The molecule has 1 saturated heterocycles. The lowest BCUT2D eigenvalue weighted by molar-refractivity contribution is -0.140. The molecule has 0 aromatic heterocycles. The summed E-state index contributed by atoms with van der Waals surface area (Å²) < 4.78 is 5.98. The number of hydrogen-bond acceptors (Lipinski definition) is 4. The molecule has 0 saturated carbocycles. The molecule has 1 amide bonds. The minimum Gasteiger partial charge on any atom is -0.507 e. The first-order valence-corrected chi connectivity index (χ1v) is 9.81. The van der Waals surface area contributed by atoms with E-state index in [0.717, 1.165) is 10.0 Å². The highest BCUT2D eigenvalue weighted by atomic mass is 79.9. The second-order valence-electron chi connectivity index (χ2n) is 6.50. The van der Waals surface area contributed by atoms with Crippen molar-refractivity contribution in [2.75, 3.05) is 20.3 Å². The van der Waals surface area contributed by atoms with Crippen LogP contribution in [0.5, 0.6) is 0 Å². The van der Waals surface area contributed by atoms with Gasteiger partial charge < -0.3 is 14.7 Å². The molecule has 1 unspecified atom stereocenters. The van der Waals surface area contributed by atoms with Crippen LogP contribution in [0.15, 0.2) is 52.5 Å². The SMILES string of the molecule is COCCN1C(=O)C(=O)/C(=C(\O)c2ccc(Br)c(C)c2)C1c1ccc(Cl)cc1. The van der Waals surface area contributed by atoms with Crippen molar-refractivity contribution in [1.29, 1.82) is 0 Å². The van der Waals surface area contributed by atoms with Gasteiger partial charge in [0.15, 0.2) is 0 Å². The number of amides is 1. The van der Waals surface area contributed by atoms with Crippen molar-refractivity contribution in [2.24, 2.45) is 0 Å². The number of likely N-dealkylation sites (tertiary alicyclic amines) is 1. The van der Waals surface area contributed by atoms with E-state index in [-0.39, 0.29) is 24.5 Å². The Morgan fingerprint density at radius 2 is 1.89 bits per heavy atom. The zero-order valence-corrected chi connectivity index (χ0v) is 17.8. The minimum absolute atomic E-state index is 0.0603. The molecule has 1 heterocycles. The standard InChI is InChI=1S/C21H19BrClNO4/c1-12-11-14(5-8-16(12)22)19(25)17-18(13-3-6-15(23)7-4-13)24(9-10-28-2)21(27)20(17)26/h3-8,11,18,25H,9-10H2,1-2H3/b19-17-. The lowest BCUT2D eigenvalue weighted by atomic mass is 9.95. The molecule has 7 heteroatoms. The van der Waals surface area contributed by atoms with Crippen molar-refractivity contribution < 1.29 is 19.4 Å². The molecule has 3 rings (SSSR count). The Labute approximate surface area is 176 Å². The van der Waals surface area contributed by atoms with E-state index in [0.29, 0.717) is 16.1 Å². The quantitative estimate of drug-likeness (QED) is 0.402. The summed E-state index contributed by atoms with van der Waals surface area (Å²) in [6.45, 7) is 2.38. The Kier molecular flexibility index (Phi) is 6.23. The highest BCUT2D eigenvalue weighted by Gasteiger charge is 2.45. The van der Waals surface area contributed by atoms with E-state index in [1.54, 1.807) is 42.5 Å².